The van der Waals surface area contributed by atoms with Gasteiger partial charge < -0.3 is 4.57 Å². The smallest absolute Gasteiger partial charge is 0.313 e. The number of aromatic amines is 1. The molecule has 7 heteroatoms. The van der Waals surface area contributed by atoms with E-state index in [1.807, 2.05) is 10.6 Å². The summed E-state index contributed by atoms with van der Waals surface area (Å²) in [6.45, 7) is 4.81. The number of aryl methyl sites for hydroxylation is 3. The maximum Gasteiger partial charge on any atom is 0.329 e. The average molecular weight is 344 g/mol. The van der Waals surface area contributed by atoms with Crippen LogP contribution in [0.3, 0.4) is 0 Å². The molecule has 126 valence electrons. The number of nitrogens with one attached hydrogen (secondary N) is 1. The highest BCUT2D eigenvalue weighted by Crippen LogP contribution is 2.25. The van der Waals surface area contributed by atoms with E-state index in [9.17, 15) is 9.59 Å². The van der Waals surface area contributed by atoms with Crippen LogP contribution in [0.4, 0.5) is 0 Å². The lowest BCUT2D eigenvalue weighted by Crippen LogP contribution is -2.29. The molecule has 0 atom stereocenters. The van der Waals surface area contributed by atoms with Gasteiger partial charge in [0.2, 0.25) is 0 Å². The number of hydrogen-bond donors (Lipinski definition) is 1. The van der Waals surface area contributed by atoms with Gasteiger partial charge in [-0.3, -0.25) is 14.3 Å². The fourth-order valence-electron chi connectivity index (χ4n) is 2.71. The molecule has 1 N–H and O–H groups in total. The Bertz CT molecular complexity index is 1000. The van der Waals surface area contributed by atoms with Gasteiger partial charge in [-0.05, 0) is 18.9 Å². The first-order valence-corrected chi connectivity index (χ1v) is 8.87. The number of hydrogen-bond acceptors (Lipinski definition) is 4. The minimum Gasteiger partial charge on any atom is -0.313 e. The normalized spacial score (nSPS) is 11.3. The molecule has 0 unspecified atom stereocenters. The van der Waals surface area contributed by atoms with E-state index in [-0.39, 0.29) is 5.56 Å². The first kappa shape index (κ1) is 16.6. The highest BCUT2D eigenvalue weighted by atomic mass is 32.2. The molecule has 0 aliphatic rings. The Morgan fingerprint density at radius 2 is 2.08 bits per heavy atom. The van der Waals surface area contributed by atoms with Gasteiger partial charge >= 0.3 is 5.69 Å². The fourth-order valence-corrected chi connectivity index (χ4v) is 3.67. The molecule has 24 heavy (non-hydrogen) atoms. The van der Waals surface area contributed by atoms with Gasteiger partial charge in [-0.2, -0.15) is 0 Å². The first-order chi connectivity index (χ1) is 11.5. The Kier molecular flexibility index (Phi) is 4.62. The molecule has 0 saturated carbocycles. The van der Waals surface area contributed by atoms with Gasteiger partial charge in [0.05, 0.1) is 0 Å². The number of fused-ring (bicyclic) bond motifs is 1. The van der Waals surface area contributed by atoms with Gasteiger partial charge in [0, 0.05) is 19.3 Å². The first-order valence-electron chi connectivity index (χ1n) is 7.89. The van der Waals surface area contributed by atoms with E-state index >= 15 is 0 Å². The maximum absolute atomic E-state index is 12.2. The van der Waals surface area contributed by atoms with Crippen molar-refractivity contribution in [3.8, 4) is 0 Å². The van der Waals surface area contributed by atoms with E-state index in [1.165, 1.54) is 15.7 Å². The van der Waals surface area contributed by atoms with Crippen LogP contribution in [-0.4, -0.2) is 19.1 Å². The number of imidazole rings is 1. The number of benzene rings is 1. The minimum absolute atomic E-state index is 0.378. The zero-order chi connectivity index (χ0) is 17.3. The molecular weight excluding hydrogens is 324 g/mol. The van der Waals surface area contributed by atoms with Crippen LogP contribution in [0.1, 0.15) is 24.5 Å². The molecule has 1 aromatic carbocycles. The van der Waals surface area contributed by atoms with Gasteiger partial charge in [0.1, 0.15) is 0 Å². The number of aromatic nitrogens is 4. The van der Waals surface area contributed by atoms with E-state index in [0.29, 0.717) is 17.7 Å². The van der Waals surface area contributed by atoms with Crippen LogP contribution >= 0.6 is 11.8 Å². The van der Waals surface area contributed by atoms with Crippen LogP contribution in [0.15, 0.2) is 39.0 Å². The van der Waals surface area contributed by atoms with Crippen molar-refractivity contribution >= 4 is 22.9 Å². The monoisotopic (exact) mass is 344 g/mol. The second-order valence-corrected chi connectivity index (χ2v) is 6.76. The molecule has 0 fully saturated rings. The molecule has 3 rings (SSSR count). The Morgan fingerprint density at radius 3 is 2.79 bits per heavy atom. The fraction of sp³-hybridized carbons (Fsp3) is 0.353. The molecule has 6 nitrogen and oxygen atoms in total. The summed E-state index contributed by atoms with van der Waals surface area (Å²) >= 11 is 1.58. The topological polar surface area (TPSA) is 72.7 Å². The number of nitrogens with zero attached hydrogens (tertiary/aromatic N) is 3. The van der Waals surface area contributed by atoms with Crippen LogP contribution in [0.2, 0.25) is 0 Å². The predicted octanol–water partition coefficient (Wildman–Crippen LogP) is 2.43. The summed E-state index contributed by atoms with van der Waals surface area (Å²) in [5.74, 6) is 0.764. The van der Waals surface area contributed by atoms with Crippen LogP contribution in [0.5, 0.6) is 0 Å². The molecule has 2 heterocycles. The lowest BCUT2D eigenvalue weighted by molar-refractivity contribution is 0.636. The minimum atomic E-state index is -0.441. The Balaban J connectivity index is 2.05. The largest absolute Gasteiger partial charge is 0.329 e. The van der Waals surface area contributed by atoms with Crippen LogP contribution in [0, 0.1) is 6.92 Å². The van der Waals surface area contributed by atoms with Gasteiger partial charge in [-0.1, -0.05) is 48.5 Å². The van der Waals surface area contributed by atoms with Gasteiger partial charge in [-0.25, -0.2) is 9.78 Å². The third-order valence-corrected chi connectivity index (χ3v) is 4.92. The maximum atomic E-state index is 12.2. The van der Waals surface area contributed by atoms with Crippen molar-refractivity contribution in [1.29, 1.82) is 0 Å². The van der Waals surface area contributed by atoms with Crippen LogP contribution < -0.4 is 11.2 Å². The van der Waals surface area contributed by atoms with Gasteiger partial charge in [0.25, 0.3) is 5.56 Å². The molecular formula is C17H20N4O2S. The Hall–Kier alpha value is -2.28. The predicted molar refractivity (Wildman–Crippen MR) is 96.6 cm³/mol. The number of H-pyrrole nitrogens is 1. The molecule has 0 aliphatic heterocycles. The lowest BCUT2D eigenvalue weighted by Gasteiger charge is -2.07. The molecule has 0 amide bonds. The van der Waals surface area contributed by atoms with E-state index in [0.717, 1.165) is 17.3 Å². The summed E-state index contributed by atoms with van der Waals surface area (Å²) in [7, 11) is 1.62. The van der Waals surface area contributed by atoms with Crippen molar-refractivity contribution in [3.63, 3.8) is 0 Å². The molecule has 3 aromatic rings. The second kappa shape index (κ2) is 6.68. The van der Waals surface area contributed by atoms with Crippen molar-refractivity contribution in [3.05, 3.63) is 56.2 Å². The summed E-state index contributed by atoms with van der Waals surface area (Å²) in [6.07, 6.45) is 0.881. The lowest BCUT2D eigenvalue weighted by atomic mass is 10.2. The number of rotatable bonds is 5. The van der Waals surface area contributed by atoms with Crippen molar-refractivity contribution < 1.29 is 0 Å². The summed E-state index contributed by atoms with van der Waals surface area (Å²) in [6, 6.07) is 8.32. The quantitative estimate of drug-likeness (QED) is 0.722. The highest BCUT2D eigenvalue weighted by molar-refractivity contribution is 7.98. The summed E-state index contributed by atoms with van der Waals surface area (Å²) in [4.78, 5) is 31.0. The van der Waals surface area contributed by atoms with E-state index in [1.54, 1.807) is 18.8 Å². The average Bonchev–Trinajstić information content (AvgIpc) is 2.90. The SMILES string of the molecule is CCCn1c(SCc2cccc(C)c2)nc2c1c(=O)[nH]c(=O)n2C. The molecule has 0 bridgehead atoms. The molecule has 0 radical (unpaired) electrons. The molecule has 0 aliphatic carbocycles. The van der Waals surface area contributed by atoms with E-state index in [2.05, 4.69) is 42.0 Å². The summed E-state index contributed by atoms with van der Waals surface area (Å²) in [5.41, 5.74) is 2.50. The van der Waals surface area contributed by atoms with Gasteiger partial charge in [0.15, 0.2) is 16.3 Å². The van der Waals surface area contributed by atoms with Crippen LogP contribution in [0.25, 0.3) is 11.2 Å². The van der Waals surface area contributed by atoms with Crippen molar-refractivity contribution in [1.82, 2.24) is 19.1 Å². The van der Waals surface area contributed by atoms with Gasteiger partial charge in [-0.15, -0.1) is 0 Å². The molecule has 2 aromatic heterocycles. The molecule has 0 spiro atoms. The third-order valence-electron chi connectivity index (χ3n) is 3.87. The third kappa shape index (κ3) is 3.03. The standard InChI is InChI=1S/C17H20N4O2S/c1-4-8-21-13-14(20(3)16(23)19-15(13)22)18-17(21)24-10-12-7-5-6-11(2)9-12/h5-7,9H,4,8,10H2,1-3H3,(H,19,22,23). The number of thioether (sulfide) groups is 1. The second-order valence-electron chi connectivity index (χ2n) is 5.81. The van der Waals surface area contributed by atoms with E-state index < -0.39 is 5.69 Å². The molecule has 0 saturated heterocycles. The zero-order valence-electron chi connectivity index (χ0n) is 14.0. The Morgan fingerprint density at radius 1 is 1.29 bits per heavy atom. The van der Waals surface area contributed by atoms with E-state index in [4.69, 9.17) is 0 Å². The van der Waals surface area contributed by atoms with Crippen LogP contribution in [-0.2, 0) is 19.3 Å². The Labute approximate surface area is 143 Å². The highest BCUT2D eigenvalue weighted by Gasteiger charge is 2.17. The zero-order valence-corrected chi connectivity index (χ0v) is 14.8. The summed E-state index contributed by atoms with van der Waals surface area (Å²) < 4.78 is 3.30. The van der Waals surface area contributed by atoms with Crippen molar-refractivity contribution in [2.75, 3.05) is 0 Å². The van der Waals surface area contributed by atoms with Crippen molar-refractivity contribution in [2.24, 2.45) is 7.05 Å². The summed E-state index contributed by atoms with van der Waals surface area (Å²) in [5, 5.41) is 0.764. The van der Waals surface area contributed by atoms with Crippen molar-refractivity contribution in [2.45, 2.75) is 37.7 Å².